The van der Waals surface area contributed by atoms with Crippen LogP contribution in [-0.4, -0.2) is 30.4 Å². The van der Waals surface area contributed by atoms with Crippen molar-refractivity contribution in [3.8, 4) is 6.07 Å². The van der Waals surface area contributed by atoms with Crippen LogP contribution >= 0.6 is 0 Å². The third kappa shape index (κ3) is 3.99. The standard InChI is InChI=1S/C15H17F2N3O/c16-12-3-1-4-13(17)14(12)19-15(21)11-5-9-20(10-6-11)8-2-7-18/h1,3-4,11H,2,5-6,8-10H2,(H,19,21). The van der Waals surface area contributed by atoms with Crippen molar-refractivity contribution in [1.82, 2.24) is 4.90 Å². The Balaban J connectivity index is 1.89. The van der Waals surface area contributed by atoms with Gasteiger partial charge in [0, 0.05) is 18.9 Å². The molecular formula is C15H17F2N3O. The number of piperidine rings is 1. The van der Waals surface area contributed by atoms with E-state index in [-0.39, 0.29) is 17.5 Å². The van der Waals surface area contributed by atoms with Crippen molar-refractivity contribution < 1.29 is 13.6 Å². The summed E-state index contributed by atoms with van der Waals surface area (Å²) in [5, 5.41) is 10.9. The number of amides is 1. The number of carbonyl (C=O) groups is 1. The number of anilines is 1. The van der Waals surface area contributed by atoms with E-state index in [0.717, 1.165) is 25.2 Å². The SMILES string of the molecule is N#CCCN1CCC(C(=O)Nc2c(F)cccc2F)CC1. The van der Waals surface area contributed by atoms with Crippen LogP contribution in [0.2, 0.25) is 0 Å². The van der Waals surface area contributed by atoms with E-state index in [1.165, 1.54) is 6.07 Å². The van der Waals surface area contributed by atoms with E-state index in [0.29, 0.717) is 25.8 Å². The van der Waals surface area contributed by atoms with Gasteiger partial charge >= 0.3 is 0 Å². The van der Waals surface area contributed by atoms with Gasteiger partial charge in [-0.15, -0.1) is 0 Å². The van der Waals surface area contributed by atoms with Crippen LogP contribution in [0, 0.1) is 28.9 Å². The maximum atomic E-state index is 13.5. The molecule has 0 aromatic heterocycles. The van der Waals surface area contributed by atoms with Crippen LogP contribution in [0.15, 0.2) is 18.2 Å². The van der Waals surface area contributed by atoms with Gasteiger partial charge < -0.3 is 10.2 Å². The maximum absolute atomic E-state index is 13.5. The van der Waals surface area contributed by atoms with Crippen LogP contribution in [-0.2, 0) is 4.79 Å². The molecule has 0 saturated carbocycles. The van der Waals surface area contributed by atoms with Crippen molar-refractivity contribution in [2.24, 2.45) is 5.92 Å². The minimum absolute atomic E-state index is 0.248. The molecule has 0 radical (unpaired) electrons. The number of hydrogen-bond donors (Lipinski definition) is 1. The zero-order chi connectivity index (χ0) is 15.2. The van der Waals surface area contributed by atoms with Gasteiger partial charge in [-0.3, -0.25) is 4.79 Å². The number of nitrogens with one attached hydrogen (secondary N) is 1. The fraction of sp³-hybridized carbons (Fsp3) is 0.467. The van der Waals surface area contributed by atoms with E-state index in [1.54, 1.807) is 0 Å². The van der Waals surface area contributed by atoms with Gasteiger partial charge in [0.15, 0.2) is 0 Å². The van der Waals surface area contributed by atoms with Crippen LogP contribution in [0.5, 0.6) is 0 Å². The van der Waals surface area contributed by atoms with E-state index in [4.69, 9.17) is 5.26 Å². The number of likely N-dealkylation sites (tertiary alicyclic amines) is 1. The molecule has 1 aromatic carbocycles. The van der Waals surface area contributed by atoms with Gasteiger partial charge in [-0.25, -0.2) is 8.78 Å². The largest absolute Gasteiger partial charge is 0.321 e. The van der Waals surface area contributed by atoms with Gasteiger partial charge in [0.25, 0.3) is 0 Å². The topological polar surface area (TPSA) is 56.1 Å². The Morgan fingerprint density at radius 1 is 1.33 bits per heavy atom. The average molecular weight is 293 g/mol. The maximum Gasteiger partial charge on any atom is 0.227 e. The molecule has 6 heteroatoms. The molecule has 1 heterocycles. The molecule has 1 aromatic rings. The second-order valence-electron chi connectivity index (χ2n) is 5.11. The van der Waals surface area contributed by atoms with E-state index >= 15 is 0 Å². The molecule has 0 unspecified atom stereocenters. The third-order valence-corrected chi connectivity index (χ3v) is 3.71. The lowest BCUT2D eigenvalue weighted by atomic mass is 9.95. The molecule has 1 amide bonds. The van der Waals surface area contributed by atoms with Crippen LogP contribution < -0.4 is 5.32 Å². The minimum atomic E-state index is -0.769. The van der Waals surface area contributed by atoms with Crippen molar-refractivity contribution in [1.29, 1.82) is 5.26 Å². The lowest BCUT2D eigenvalue weighted by molar-refractivity contribution is -0.121. The van der Waals surface area contributed by atoms with E-state index in [1.807, 2.05) is 0 Å². The highest BCUT2D eigenvalue weighted by atomic mass is 19.1. The average Bonchev–Trinajstić information content (AvgIpc) is 2.49. The summed E-state index contributed by atoms with van der Waals surface area (Å²) in [5.41, 5.74) is -0.380. The number of halogens is 2. The summed E-state index contributed by atoms with van der Waals surface area (Å²) in [6, 6.07) is 5.58. The second-order valence-corrected chi connectivity index (χ2v) is 5.11. The molecule has 2 rings (SSSR count). The first kappa shape index (κ1) is 15.4. The second kappa shape index (κ2) is 7.14. The highest BCUT2D eigenvalue weighted by Gasteiger charge is 2.26. The molecule has 4 nitrogen and oxygen atoms in total. The fourth-order valence-corrected chi connectivity index (χ4v) is 2.47. The van der Waals surface area contributed by atoms with E-state index in [9.17, 15) is 13.6 Å². The quantitative estimate of drug-likeness (QED) is 0.928. The Kier molecular flexibility index (Phi) is 5.23. The fourth-order valence-electron chi connectivity index (χ4n) is 2.47. The summed E-state index contributed by atoms with van der Waals surface area (Å²) in [6.45, 7) is 2.14. The van der Waals surface area contributed by atoms with Crippen molar-refractivity contribution >= 4 is 11.6 Å². The van der Waals surface area contributed by atoms with E-state index in [2.05, 4.69) is 16.3 Å². The number of benzene rings is 1. The van der Waals surface area contributed by atoms with Crippen LogP contribution in [0.4, 0.5) is 14.5 Å². The Hall–Kier alpha value is -2.00. The zero-order valence-corrected chi connectivity index (χ0v) is 11.6. The van der Waals surface area contributed by atoms with Crippen molar-refractivity contribution in [2.75, 3.05) is 25.0 Å². The molecule has 1 aliphatic rings. The molecule has 1 aliphatic heterocycles. The van der Waals surface area contributed by atoms with Gasteiger partial charge in [-0.05, 0) is 38.1 Å². The third-order valence-electron chi connectivity index (χ3n) is 3.71. The molecular weight excluding hydrogens is 276 g/mol. The summed E-state index contributed by atoms with van der Waals surface area (Å²) in [6.07, 6.45) is 1.73. The van der Waals surface area contributed by atoms with Crippen molar-refractivity contribution in [3.05, 3.63) is 29.8 Å². The molecule has 0 spiro atoms. The molecule has 112 valence electrons. The number of carbonyl (C=O) groups excluding carboxylic acids is 1. The van der Waals surface area contributed by atoms with Gasteiger partial charge in [0.05, 0.1) is 6.07 Å². The first-order valence-corrected chi connectivity index (χ1v) is 6.96. The summed E-state index contributed by atoms with van der Waals surface area (Å²) < 4.78 is 27.0. The monoisotopic (exact) mass is 293 g/mol. The summed E-state index contributed by atoms with van der Waals surface area (Å²) in [7, 11) is 0. The normalized spacial score (nSPS) is 16.4. The van der Waals surface area contributed by atoms with Gasteiger partial charge in [0.1, 0.15) is 17.3 Å². The lowest BCUT2D eigenvalue weighted by Crippen LogP contribution is -2.38. The Bertz CT molecular complexity index is 528. The van der Waals surface area contributed by atoms with Crippen molar-refractivity contribution in [2.45, 2.75) is 19.3 Å². The first-order valence-electron chi connectivity index (χ1n) is 6.96. The van der Waals surface area contributed by atoms with Crippen molar-refractivity contribution in [3.63, 3.8) is 0 Å². The lowest BCUT2D eigenvalue weighted by Gasteiger charge is -2.30. The number of nitrogens with zero attached hydrogens (tertiary/aromatic N) is 2. The molecule has 21 heavy (non-hydrogen) atoms. The van der Waals surface area contributed by atoms with Gasteiger partial charge in [-0.1, -0.05) is 6.07 Å². The Morgan fingerprint density at radius 2 is 1.95 bits per heavy atom. The first-order chi connectivity index (χ1) is 10.1. The number of nitriles is 1. The van der Waals surface area contributed by atoms with Gasteiger partial charge in [0.2, 0.25) is 5.91 Å². The predicted octanol–water partition coefficient (Wildman–Crippen LogP) is 2.53. The predicted molar refractivity (Wildman–Crippen MR) is 74.4 cm³/mol. The zero-order valence-electron chi connectivity index (χ0n) is 11.6. The van der Waals surface area contributed by atoms with Crippen LogP contribution in [0.3, 0.4) is 0 Å². The minimum Gasteiger partial charge on any atom is -0.321 e. The highest BCUT2D eigenvalue weighted by molar-refractivity contribution is 5.92. The summed E-state index contributed by atoms with van der Waals surface area (Å²) >= 11 is 0. The van der Waals surface area contributed by atoms with Crippen LogP contribution in [0.1, 0.15) is 19.3 Å². The van der Waals surface area contributed by atoms with Gasteiger partial charge in [-0.2, -0.15) is 5.26 Å². The van der Waals surface area contributed by atoms with Crippen LogP contribution in [0.25, 0.3) is 0 Å². The molecule has 0 aliphatic carbocycles. The summed E-state index contributed by atoms with van der Waals surface area (Å²) in [5.74, 6) is -2.13. The number of para-hydroxylation sites is 1. The molecule has 1 N–H and O–H groups in total. The molecule has 1 fully saturated rings. The van der Waals surface area contributed by atoms with E-state index < -0.39 is 11.6 Å². The number of rotatable bonds is 4. The Labute approximate surface area is 122 Å². The molecule has 0 atom stereocenters. The molecule has 1 saturated heterocycles. The number of hydrogen-bond acceptors (Lipinski definition) is 3. The smallest absolute Gasteiger partial charge is 0.227 e. The molecule has 0 bridgehead atoms. The summed E-state index contributed by atoms with van der Waals surface area (Å²) in [4.78, 5) is 14.2. The Morgan fingerprint density at radius 3 is 2.52 bits per heavy atom. The highest BCUT2D eigenvalue weighted by Crippen LogP contribution is 2.22.